The van der Waals surface area contributed by atoms with Gasteiger partial charge in [-0.3, -0.25) is 0 Å². The van der Waals surface area contributed by atoms with Gasteiger partial charge in [-0.2, -0.15) is 0 Å². The molecule has 0 radical (unpaired) electrons. The summed E-state index contributed by atoms with van der Waals surface area (Å²) < 4.78 is 20.4. The fraction of sp³-hybridized carbons (Fsp3) is 0.500. The first-order valence-electron chi connectivity index (χ1n) is 5.89. The number of benzene rings is 1. The highest BCUT2D eigenvalue weighted by Crippen LogP contribution is 2.27. The highest BCUT2D eigenvalue weighted by molar-refractivity contribution is 7.91. The Bertz CT molecular complexity index is 514. The Kier molecular flexibility index (Phi) is 3.40. The van der Waals surface area contributed by atoms with E-state index in [1.54, 1.807) is 12.1 Å². The van der Waals surface area contributed by atoms with Crippen molar-refractivity contribution in [2.45, 2.75) is 43.7 Å². The van der Waals surface area contributed by atoms with E-state index in [0.29, 0.717) is 10.6 Å². The Labute approximate surface area is 103 Å². The normalized spacial score (nSPS) is 19.0. The summed E-state index contributed by atoms with van der Waals surface area (Å²) in [6.45, 7) is 3.93. The van der Waals surface area contributed by atoms with Gasteiger partial charge in [0.25, 0.3) is 0 Å². The molecule has 1 aliphatic rings. The van der Waals surface area contributed by atoms with Gasteiger partial charge in [0.05, 0.1) is 10.9 Å². The number of rotatable bonds is 4. The summed E-state index contributed by atoms with van der Waals surface area (Å²) in [5, 5.41) is 0. The second-order valence-electron chi connectivity index (χ2n) is 4.71. The zero-order valence-corrected chi connectivity index (χ0v) is 11.0. The smallest absolute Gasteiger partial charge is 0.137 e. The van der Waals surface area contributed by atoms with E-state index in [2.05, 4.69) is 9.08 Å². The molecule has 0 heterocycles. The van der Waals surface area contributed by atoms with Gasteiger partial charge in [-0.05, 0) is 44.9 Å². The average Bonchev–Trinajstić information content (AvgIpc) is 3.00. The van der Waals surface area contributed by atoms with Crippen LogP contribution in [0.4, 0.5) is 5.69 Å². The van der Waals surface area contributed by atoms with E-state index in [0.717, 1.165) is 12.8 Å². The van der Waals surface area contributed by atoms with E-state index >= 15 is 0 Å². The lowest BCUT2D eigenvalue weighted by molar-refractivity contribution is 0.644. The molecule has 1 fully saturated rings. The van der Waals surface area contributed by atoms with Gasteiger partial charge < -0.3 is 5.73 Å². The third-order valence-corrected chi connectivity index (χ3v) is 4.70. The van der Waals surface area contributed by atoms with Crippen LogP contribution in [0.5, 0.6) is 0 Å². The largest absolute Gasteiger partial charge is 0.399 e. The topological polar surface area (TPSA) is 67.5 Å². The van der Waals surface area contributed by atoms with Crippen LogP contribution in [0.15, 0.2) is 33.5 Å². The molecule has 5 heteroatoms. The van der Waals surface area contributed by atoms with Crippen LogP contribution in [0.1, 0.15) is 26.7 Å². The van der Waals surface area contributed by atoms with Gasteiger partial charge in [0.2, 0.25) is 0 Å². The van der Waals surface area contributed by atoms with Crippen molar-refractivity contribution in [2.24, 2.45) is 4.36 Å². The predicted molar refractivity (Wildman–Crippen MR) is 71.0 cm³/mol. The Balaban J connectivity index is 2.43. The quantitative estimate of drug-likeness (QED) is 0.807. The minimum Gasteiger partial charge on any atom is -0.399 e. The Morgan fingerprint density at radius 3 is 2.71 bits per heavy atom. The SMILES string of the molecule is CC(C)NS(=O)(=NC1CC1)c1cccc(N)c1. The molecule has 0 amide bonds. The summed E-state index contributed by atoms with van der Waals surface area (Å²) >= 11 is 0. The summed E-state index contributed by atoms with van der Waals surface area (Å²) in [6.07, 6.45) is 2.08. The second kappa shape index (κ2) is 4.66. The number of nitrogens with zero attached hydrogens (tertiary/aromatic N) is 1. The van der Waals surface area contributed by atoms with Gasteiger partial charge in [-0.1, -0.05) is 6.07 Å². The molecular formula is C12H19N3OS. The number of nitrogens with one attached hydrogen (secondary N) is 1. The molecule has 1 aromatic rings. The van der Waals surface area contributed by atoms with Crippen LogP contribution >= 0.6 is 0 Å². The standard InChI is InChI=1S/C12H19N3OS/c1-9(2)14-17(16,15-11-6-7-11)12-5-3-4-10(13)8-12/h3-5,8-9,11H,6-7,13H2,1-2H3,(H,14,15,16). The number of nitrogen functional groups attached to an aromatic ring is 1. The van der Waals surface area contributed by atoms with E-state index in [1.807, 2.05) is 26.0 Å². The fourth-order valence-corrected chi connectivity index (χ4v) is 3.70. The highest BCUT2D eigenvalue weighted by Gasteiger charge is 2.25. The van der Waals surface area contributed by atoms with Gasteiger partial charge in [0.1, 0.15) is 9.92 Å². The molecule has 1 aliphatic carbocycles. The molecule has 2 rings (SSSR count). The van der Waals surface area contributed by atoms with Crippen molar-refractivity contribution in [3.8, 4) is 0 Å². The number of nitrogens with two attached hydrogens (primary N) is 1. The van der Waals surface area contributed by atoms with Crippen molar-refractivity contribution < 1.29 is 4.21 Å². The Hall–Kier alpha value is -1.07. The van der Waals surface area contributed by atoms with Gasteiger partial charge >= 0.3 is 0 Å². The maximum atomic E-state index is 12.9. The maximum absolute atomic E-state index is 12.9. The minimum absolute atomic E-state index is 0.117. The monoisotopic (exact) mass is 253 g/mol. The highest BCUT2D eigenvalue weighted by atomic mass is 32.2. The second-order valence-corrected chi connectivity index (χ2v) is 6.68. The molecule has 1 saturated carbocycles. The van der Waals surface area contributed by atoms with E-state index in [9.17, 15) is 4.21 Å². The Morgan fingerprint density at radius 2 is 2.18 bits per heavy atom. The van der Waals surface area contributed by atoms with Gasteiger partial charge in [-0.25, -0.2) is 13.3 Å². The summed E-state index contributed by atoms with van der Waals surface area (Å²) in [6, 6.07) is 7.52. The first kappa shape index (κ1) is 12.4. The van der Waals surface area contributed by atoms with Crippen molar-refractivity contribution in [1.29, 1.82) is 0 Å². The van der Waals surface area contributed by atoms with Crippen LogP contribution in [0.25, 0.3) is 0 Å². The molecule has 17 heavy (non-hydrogen) atoms. The van der Waals surface area contributed by atoms with E-state index in [-0.39, 0.29) is 12.1 Å². The minimum atomic E-state index is -2.53. The molecule has 4 nitrogen and oxygen atoms in total. The lowest BCUT2D eigenvalue weighted by Crippen LogP contribution is -2.30. The van der Waals surface area contributed by atoms with E-state index in [4.69, 9.17) is 5.73 Å². The molecule has 1 atom stereocenters. The molecule has 94 valence electrons. The average molecular weight is 253 g/mol. The third kappa shape index (κ3) is 3.20. The van der Waals surface area contributed by atoms with E-state index in [1.165, 1.54) is 0 Å². The lowest BCUT2D eigenvalue weighted by Gasteiger charge is -2.15. The number of hydrogen-bond donors (Lipinski definition) is 2. The molecule has 3 N–H and O–H groups in total. The molecule has 0 aliphatic heterocycles. The molecule has 1 unspecified atom stereocenters. The molecule has 0 bridgehead atoms. The molecule has 0 saturated heterocycles. The maximum Gasteiger partial charge on any atom is 0.137 e. The van der Waals surface area contributed by atoms with Crippen molar-refractivity contribution >= 4 is 15.6 Å². The van der Waals surface area contributed by atoms with E-state index < -0.39 is 9.92 Å². The van der Waals surface area contributed by atoms with Crippen LogP contribution in [0.3, 0.4) is 0 Å². The van der Waals surface area contributed by atoms with Gasteiger partial charge in [0, 0.05) is 11.7 Å². The van der Waals surface area contributed by atoms with Crippen LogP contribution in [-0.2, 0) is 9.92 Å². The van der Waals surface area contributed by atoms with Crippen molar-refractivity contribution in [2.75, 3.05) is 5.73 Å². The number of hydrogen-bond acceptors (Lipinski definition) is 3. The molecule has 0 aromatic heterocycles. The van der Waals surface area contributed by atoms with Gasteiger partial charge in [0.15, 0.2) is 0 Å². The third-order valence-electron chi connectivity index (χ3n) is 2.42. The zero-order valence-electron chi connectivity index (χ0n) is 10.2. The summed E-state index contributed by atoms with van der Waals surface area (Å²) in [5.74, 6) is 0. The van der Waals surface area contributed by atoms with Crippen molar-refractivity contribution in [3.63, 3.8) is 0 Å². The van der Waals surface area contributed by atoms with Crippen molar-refractivity contribution in [3.05, 3.63) is 24.3 Å². The van der Waals surface area contributed by atoms with Crippen molar-refractivity contribution in [1.82, 2.24) is 4.72 Å². The predicted octanol–water partition coefficient (Wildman–Crippen LogP) is 2.17. The lowest BCUT2D eigenvalue weighted by atomic mass is 10.3. The number of anilines is 1. The first-order chi connectivity index (χ1) is 7.99. The van der Waals surface area contributed by atoms with Crippen LogP contribution < -0.4 is 10.5 Å². The van der Waals surface area contributed by atoms with Crippen LogP contribution in [0, 0.1) is 0 Å². The zero-order chi connectivity index (χ0) is 12.5. The first-order valence-corrected chi connectivity index (χ1v) is 7.40. The Morgan fingerprint density at radius 1 is 1.47 bits per heavy atom. The van der Waals surface area contributed by atoms with Gasteiger partial charge in [-0.15, -0.1) is 0 Å². The molecule has 0 spiro atoms. The molecular weight excluding hydrogens is 234 g/mol. The summed E-state index contributed by atoms with van der Waals surface area (Å²) in [4.78, 5) is 0.679. The van der Waals surface area contributed by atoms with Crippen LogP contribution in [-0.4, -0.2) is 16.3 Å². The fourth-order valence-electron chi connectivity index (χ4n) is 1.56. The molecule has 1 aromatic carbocycles. The summed E-state index contributed by atoms with van der Waals surface area (Å²) in [5.41, 5.74) is 6.35. The summed E-state index contributed by atoms with van der Waals surface area (Å²) in [7, 11) is -2.53. The van der Waals surface area contributed by atoms with Crippen LogP contribution in [0.2, 0.25) is 0 Å².